The smallest absolute Gasteiger partial charge is 0.426 e. The summed E-state index contributed by atoms with van der Waals surface area (Å²) < 4.78 is 81.2. The molecule has 2 atom stereocenters. The first-order chi connectivity index (χ1) is 13.9. The fraction of sp³-hybridized carbons (Fsp3) is 0.579. The Morgan fingerprint density at radius 2 is 1.80 bits per heavy atom. The summed E-state index contributed by atoms with van der Waals surface area (Å²) in [6, 6.07) is 1.98. The number of hydrogen-bond acceptors (Lipinski definition) is 3. The lowest BCUT2D eigenvalue weighted by Crippen LogP contribution is -2.48. The average Bonchev–Trinajstić information content (AvgIpc) is 2.98. The van der Waals surface area contributed by atoms with E-state index in [1.807, 2.05) is 23.7 Å². The second-order valence-corrected chi connectivity index (χ2v) is 7.86. The van der Waals surface area contributed by atoms with Gasteiger partial charge in [-0.2, -0.15) is 31.4 Å². The Balaban J connectivity index is 1.41. The molecule has 2 aliphatic heterocycles. The van der Waals surface area contributed by atoms with Gasteiger partial charge in [0.05, 0.1) is 11.4 Å². The number of aryl methyl sites for hydroxylation is 1. The molecule has 4 rings (SSSR count). The molecule has 1 aromatic heterocycles. The Morgan fingerprint density at radius 3 is 2.33 bits per heavy atom. The standard InChI is InChI=1S/C19H19F6N3O2/c1-3-14-9(2)4-5-10-6-13(26-28(10)14)15-11-7-27(8-12(11)15)17(29)30-16(18(20,21)22)19(23,24)25/h3,6,11-12,15-16H,2,4-5,7-8H2,1H3/b14-3+. The number of rotatable bonds is 2. The number of piperidine rings is 1. The highest BCUT2D eigenvalue weighted by atomic mass is 19.4. The summed E-state index contributed by atoms with van der Waals surface area (Å²) in [7, 11) is 0. The molecule has 2 unspecified atom stereocenters. The van der Waals surface area contributed by atoms with Crippen LogP contribution >= 0.6 is 0 Å². The van der Waals surface area contributed by atoms with Crippen molar-refractivity contribution in [2.75, 3.05) is 13.1 Å². The number of halogens is 6. The van der Waals surface area contributed by atoms with Crippen LogP contribution in [0.15, 0.2) is 24.3 Å². The largest absolute Gasteiger partial charge is 0.434 e. The summed E-state index contributed by atoms with van der Waals surface area (Å²) in [5.41, 5.74) is 3.76. The Bertz CT molecular complexity index is 890. The Labute approximate surface area is 168 Å². The van der Waals surface area contributed by atoms with E-state index in [4.69, 9.17) is 0 Å². The number of carbonyl (C=O) groups excluding carboxylic acids is 1. The molecular formula is C19H19F6N3O2. The first kappa shape index (κ1) is 20.8. The van der Waals surface area contributed by atoms with Gasteiger partial charge in [0.1, 0.15) is 0 Å². The highest BCUT2D eigenvalue weighted by Gasteiger charge is 2.62. The van der Waals surface area contributed by atoms with Gasteiger partial charge in [-0.25, -0.2) is 9.48 Å². The highest BCUT2D eigenvalue weighted by molar-refractivity contribution is 5.69. The zero-order chi connectivity index (χ0) is 22.0. The molecule has 3 aliphatic rings. The maximum absolute atomic E-state index is 12.6. The third kappa shape index (κ3) is 3.47. The molecule has 3 heterocycles. The van der Waals surface area contributed by atoms with E-state index in [0.717, 1.165) is 40.4 Å². The first-order valence-electron chi connectivity index (χ1n) is 9.44. The molecule has 0 radical (unpaired) electrons. The van der Waals surface area contributed by atoms with Gasteiger partial charge in [0.2, 0.25) is 0 Å². The predicted molar refractivity (Wildman–Crippen MR) is 93.3 cm³/mol. The minimum absolute atomic E-state index is 0.0274. The zero-order valence-electron chi connectivity index (χ0n) is 15.9. The number of ether oxygens (including phenoxy) is 1. The van der Waals surface area contributed by atoms with Gasteiger partial charge < -0.3 is 9.64 Å². The van der Waals surface area contributed by atoms with E-state index in [2.05, 4.69) is 16.4 Å². The molecule has 11 heteroatoms. The van der Waals surface area contributed by atoms with Crippen molar-refractivity contribution in [3.63, 3.8) is 0 Å². The van der Waals surface area contributed by atoms with Crippen LogP contribution in [0.1, 0.15) is 30.7 Å². The summed E-state index contributed by atoms with van der Waals surface area (Å²) in [6.45, 7) is 6.01. The van der Waals surface area contributed by atoms with E-state index in [1.165, 1.54) is 0 Å². The molecule has 1 amide bonds. The highest BCUT2D eigenvalue weighted by Crippen LogP contribution is 2.58. The molecule has 5 nitrogen and oxygen atoms in total. The number of hydrogen-bond donors (Lipinski definition) is 0. The Morgan fingerprint density at radius 1 is 1.20 bits per heavy atom. The number of aromatic nitrogens is 2. The lowest BCUT2D eigenvalue weighted by molar-refractivity contribution is -0.308. The molecule has 1 aromatic rings. The Kier molecular flexibility index (Phi) is 4.70. The van der Waals surface area contributed by atoms with Crippen LogP contribution in [-0.2, 0) is 11.2 Å². The molecule has 2 fully saturated rings. The van der Waals surface area contributed by atoms with Crippen LogP contribution in [0.2, 0.25) is 0 Å². The van der Waals surface area contributed by atoms with Crippen molar-refractivity contribution in [2.24, 2.45) is 11.8 Å². The van der Waals surface area contributed by atoms with Crippen LogP contribution in [0.4, 0.5) is 31.1 Å². The van der Waals surface area contributed by atoms with Crippen molar-refractivity contribution < 1.29 is 35.9 Å². The van der Waals surface area contributed by atoms with Crippen molar-refractivity contribution in [1.29, 1.82) is 0 Å². The number of nitrogens with zero attached hydrogens (tertiary/aromatic N) is 3. The summed E-state index contributed by atoms with van der Waals surface area (Å²) in [4.78, 5) is 12.8. The molecule has 0 spiro atoms. The maximum Gasteiger partial charge on any atom is 0.434 e. The molecule has 0 N–H and O–H groups in total. The monoisotopic (exact) mass is 435 g/mol. The summed E-state index contributed by atoms with van der Waals surface area (Å²) in [5, 5.41) is 4.64. The lowest BCUT2D eigenvalue weighted by Gasteiger charge is -2.26. The van der Waals surface area contributed by atoms with Crippen molar-refractivity contribution in [3.05, 3.63) is 35.7 Å². The number of alkyl halides is 6. The summed E-state index contributed by atoms with van der Waals surface area (Å²) in [5.74, 6) is -0.0801. The number of likely N-dealkylation sites (tertiary alicyclic amines) is 1. The van der Waals surface area contributed by atoms with E-state index in [1.54, 1.807) is 0 Å². The number of fused-ring (bicyclic) bond motifs is 2. The SMILES string of the molecule is C=C1CCc2cc(C3C4CN(C(=O)OC(C(F)(F)F)C(F)(F)F)CC43)nn2/C1=C/C. The predicted octanol–water partition coefficient (Wildman–Crippen LogP) is 4.52. The van der Waals surface area contributed by atoms with Gasteiger partial charge in [0.15, 0.2) is 0 Å². The molecule has 1 saturated heterocycles. The topological polar surface area (TPSA) is 47.4 Å². The lowest BCUT2D eigenvalue weighted by atomic mass is 10.0. The summed E-state index contributed by atoms with van der Waals surface area (Å²) in [6.07, 6.45) is -13.6. The Hall–Kier alpha value is -2.46. The average molecular weight is 435 g/mol. The van der Waals surface area contributed by atoms with Gasteiger partial charge in [-0.1, -0.05) is 12.7 Å². The molecule has 1 aliphatic carbocycles. The molecule has 30 heavy (non-hydrogen) atoms. The summed E-state index contributed by atoms with van der Waals surface area (Å²) >= 11 is 0. The minimum Gasteiger partial charge on any atom is -0.426 e. The van der Waals surface area contributed by atoms with E-state index in [-0.39, 0.29) is 30.8 Å². The van der Waals surface area contributed by atoms with Crippen LogP contribution in [0, 0.1) is 11.8 Å². The quantitative estimate of drug-likeness (QED) is 0.642. The fourth-order valence-corrected chi connectivity index (χ4v) is 4.48. The van der Waals surface area contributed by atoms with Crippen molar-refractivity contribution >= 4 is 11.8 Å². The minimum atomic E-state index is -5.72. The van der Waals surface area contributed by atoms with Crippen molar-refractivity contribution in [2.45, 2.75) is 44.1 Å². The van der Waals surface area contributed by atoms with Crippen LogP contribution in [-0.4, -0.2) is 52.3 Å². The van der Waals surface area contributed by atoms with E-state index >= 15 is 0 Å². The van der Waals surface area contributed by atoms with Crippen LogP contribution in [0.3, 0.4) is 0 Å². The van der Waals surface area contributed by atoms with Gasteiger partial charge in [-0.15, -0.1) is 0 Å². The number of amides is 1. The molecule has 0 aromatic carbocycles. The molecular weight excluding hydrogens is 416 g/mol. The van der Waals surface area contributed by atoms with Gasteiger partial charge in [0, 0.05) is 24.7 Å². The van der Waals surface area contributed by atoms with E-state index < -0.39 is 24.5 Å². The van der Waals surface area contributed by atoms with E-state index in [9.17, 15) is 31.1 Å². The normalized spacial score (nSPS) is 27.5. The van der Waals surface area contributed by atoms with Crippen LogP contribution < -0.4 is 0 Å². The van der Waals surface area contributed by atoms with Crippen molar-refractivity contribution in [1.82, 2.24) is 14.7 Å². The molecule has 0 bridgehead atoms. The molecule has 1 saturated carbocycles. The van der Waals surface area contributed by atoms with Crippen LogP contribution in [0.25, 0.3) is 5.70 Å². The van der Waals surface area contributed by atoms with Gasteiger partial charge in [0.25, 0.3) is 6.10 Å². The second-order valence-electron chi connectivity index (χ2n) is 7.86. The van der Waals surface area contributed by atoms with Gasteiger partial charge >= 0.3 is 18.4 Å². The van der Waals surface area contributed by atoms with Crippen LogP contribution in [0.5, 0.6) is 0 Å². The fourth-order valence-electron chi connectivity index (χ4n) is 4.48. The second kappa shape index (κ2) is 6.78. The van der Waals surface area contributed by atoms with Gasteiger partial charge in [-0.05, 0) is 43.2 Å². The van der Waals surface area contributed by atoms with E-state index in [0.29, 0.717) is 0 Å². The number of allylic oxidation sites excluding steroid dienone is 3. The number of carbonyl (C=O) groups is 1. The molecule has 164 valence electrons. The first-order valence-corrected chi connectivity index (χ1v) is 9.44. The van der Waals surface area contributed by atoms with Crippen molar-refractivity contribution in [3.8, 4) is 0 Å². The third-order valence-electron chi connectivity index (χ3n) is 5.96. The third-order valence-corrected chi connectivity index (χ3v) is 5.96. The van der Waals surface area contributed by atoms with Gasteiger partial charge in [-0.3, -0.25) is 0 Å². The zero-order valence-corrected chi connectivity index (χ0v) is 15.9. The maximum atomic E-state index is 12.6.